The van der Waals surface area contributed by atoms with Crippen LogP contribution in [-0.2, 0) is 0 Å². The standard InChI is InChI=1S/C22H25ClN2O3/c1-28-20-12-7-16(21(26)24-14-15-5-3-2-4-6-15)13-19(20)22(27)25-18-10-8-17(23)9-11-18/h7-13,15H,2-6,14H2,1H3,(H,24,26)(H,25,27). The van der Waals surface area contributed by atoms with Crippen LogP contribution in [-0.4, -0.2) is 25.5 Å². The minimum atomic E-state index is -0.346. The fourth-order valence-corrected chi connectivity index (χ4v) is 3.61. The molecular weight excluding hydrogens is 376 g/mol. The van der Waals surface area contributed by atoms with Gasteiger partial charge in [-0.2, -0.15) is 0 Å². The maximum atomic E-state index is 12.7. The molecule has 3 rings (SSSR count). The molecule has 2 aromatic rings. The summed E-state index contributed by atoms with van der Waals surface area (Å²) in [7, 11) is 1.50. The SMILES string of the molecule is COc1ccc(C(=O)NCC2CCCCC2)cc1C(=O)Nc1ccc(Cl)cc1. The number of nitrogens with one attached hydrogen (secondary N) is 2. The highest BCUT2D eigenvalue weighted by molar-refractivity contribution is 6.30. The Kier molecular flexibility index (Phi) is 6.93. The molecule has 28 heavy (non-hydrogen) atoms. The number of anilines is 1. The quantitative estimate of drug-likeness (QED) is 0.723. The zero-order chi connectivity index (χ0) is 19.9. The topological polar surface area (TPSA) is 67.4 Å². The van der Waals surface area contributed by atoms with Gasteiger partial charge in [0, 0.05) is 22.8 Å². The summed E-state index contributed by atoms with van der Waals surface area (Å²) in [6.45, 7) is 0.678. The first-order valence-corrected chi connectivity index (χ1v) is 9.98. The normalized spacial score (nSPS) is 14.4. The Morgan fingerprint density at radius 2 is 1.75 bits per heavy atom. The predicted octanol–water partition coefficient (Wildman–Crippen LogP) is 4.91. The zero-order valence-electron chi connectivity index (χ0n) is 16.0. The molecule has 6 heteroatoms. The molecule has 5 nitrogen and oxygen atoms in total. The van der Waals surface area contributed by atoms with Crippen LogP contribution in [0.3, 0.4) is 0 Å². The Morgan fingerprint density at radius 3 is 2.43 bits per heavy atom. The Morgan fingerprint density at radius 1 is 1.04 bits per heavy atom. The molecule has 1 fully saturated rings. The molecule has 0 heterocycles. The number of benzene rings is 2. The maximum absolute atomic E-state index is 12.7. The van der Waals surface area contributed by atoms with Crippen LogP contribution in [0.4, 0.5) is 5.69 Å². The molecule has 1 aliphatic carbocycles. The molecule has 2 amide bonds. The summed E-state index contributed by atoms with van der Waals surface area (Å²) >= 11 is 5.88. The van der Waals surface area contributed by atoms with Crippen LogP contribution in [0.25, 0.3) is 0 Å². The molecule has 1 saturated carbocycles. The van der Waals surface area contributed by atoms with Crippen LogP contribution in [0.5, 0.6) is 5.75 Å². The summed E-state index contributed by atoms with van der Waals surface area (Å²) < 4.78 is 5.30. The van der Waals surface area contributed by atoms with Crippen LogP contribution >= 0.6 is 11.6 Å². The summed E-state index contributed by atoms with van der Waals surface area (Å²) in [6, 6.07) is 11.7. The third kappa shape index (κ3) is 5.26. The van der Waals surface area contributed by atoms with Crippen molar-refractivity contribution in [2.24, 2.45) is 5.92 Å². The van der Waals surface area contributed by atoms with Gasteiger partial charge in [-0.05, 0) is 61.2 Å². The minimum Gasteiger partial charge on any atom is -0.496 e. The zero-order valence-corrected chi connectivity index (χ0v) is 16.7. The Hall–Kier alpha value is -2.53. The maximum Gasteiger partial charge on any atom is 0.259 e. The smallest absolute Gasteiger partial charge is 0.259 e. The van der Waals surface area contributed by atoms with Crippen LogP contribution in [0.15, 0.2) is 42.5 Å². The van der Waals surface area contributed by atoms with E-state index in [1.807, 2.05) is 0 Å². The summed E-state index contributed by atoms with van der Waals surface area (Å²) in [4.78, 5) is 25.3. The van der Waals surface area contributed by atoms with E-state index in [2.05, 4.69) is 10.6 Å². The fraction of sp³-hybridized carbons (Fsp3) is 0.364. The van der Waals surface area contributed by atoms with Gasteiger partial charge < -0.3 is 15.4 Å². The number of carbonyl (C=O) groups is 2. The van der Waals surface area contributed by atoms with Crippen molar-refractivity contribution in [3.05, 3.63) is 58.6 Å². The number of rotatable bonds is 6. The largest absolute Gasteiger partial charge is 0.496 e. The first-order chi connectivity index (χ1) is 13.6. The number of hydrogen-bond acceptors (Lipinski definition) is 3. The van der Waals surface area contributed by atoms with E-state index in [0.29, 0.717) is 40.0 Å². The van der Waals surface area contributed by atoms with Gasteiger partial charge >= 0.3 is 0 Å². The van der Waals surface area contributed by atoms with Crippen molar-refractivity contribution in [1.82, 2.24) is 5.32 Å². The lowest BCUT2D eigenvalue weighted by molar-refractivity contribution is 0.0943. The Balaban J connectivity index is 1.70. The van der Waals surface area contributed by atoms with E-state index in [0.717, 1.165) is 12.8 Å². The lowest BCUT2D eigenvalue weighted by Gasteiger charge is -2.21. The molecule has 1 aliphatic rings. The van der Waals surface area contributed by atoms with Gasteiger partial charge in [-0.1, -0.05) is 30.9 Å². The van der Waals surface area contributed by atoms with Crippen molar-refractivity contribution in [2.75, 3.05) is 19.0 Å². The van der Waals surface area contributed by atoms with Crippen LogP contribution < -0.4 is 15.4 Å². The average Bonchev–Trinajstić information content (AvgIpc) is 2.74. The highest BCUT2D eigenvalue weighted by atomic mass is 35.5. The number of carbonyl (C=O) groups excluding carboxylic acids is 2. The summed E-state index contributed by atoms with van der Waals surface area (Å²) in [5.74, 6) is 0.439. The van der Waals surface area contributed by atoms with E-state index in [4.69, 9.17) is 16.3 Å². The molecule has 0 saturated heterocycles. The molecule has 2 aromatic carbocycles. The van der Waals surface area contributed by atoms with Crippen LogP contribution in [0.2, 0.25) is 5.02 Å². The van der Waals surface area contributed by atoms with E-state index in [1.54, 1.807) is 42.5 Å². The summed E-state index contributed by atoms with van der Waals surface area (Å²) in [5, 5.41) is 6.39. The van der Waals surface area contributed by atoms with Crippen molar-refractivity contribution >= 4 is 29.1 Å². The van der Waals surface area contributed by atoms with Crippen molar-refractivity contribution < 1.29 is 14.3 Å². The molecule has 0 unspecified atom stereocenters. The lowest BCUT2D eigenvalue weighted by atomic mass is 9.89. The third-order valence-corrected chi connectivity index (χ3v) is 5.34. The second kappa shape index (κ2) is 9.60. The van der Waals surface area contributed by atoms with Crippen molar-refractivity contribution in [2.45, 2.75) is 32.1 Å². The van der Waals surface area contributed by atoms with E-state index >= 15 is 0 Å². The predicted molar refractivity (Wildman–Crippen MR) is 111 cm³/mol. The Bertz CT molecular complexity index is 830. The molecule has 148 valence electrons. The minimum absolute atomic E-state index is 0.172. The van der Waals surface area contributed by atoms with Gasteiger partial charge in [-0.3, -0.25) is 9.59 Å². The van der Waals surface area contributed by atoms with E-state index in [-0.39, 0.29) is 11.8 Å². The van der Waals surface area contributed by atoms with E-state index in [1.165, 1.54) is 26.4 Å². The molecular formula is C22H25ClN2O3. The molecule has 2 N–H and O–H groups in total. The number of ether oxygens (including phenoxy) is 1. The van der Waals surface area contributed by atoms with Gasteiger partial charge in [-0.15, -0.1) is 0 Å². The molecule has 0 aromatic heterocycles. The van der Waals surface area contributed by atoms with Crippen LogP contribution in [0.1, 0.15) is 52.8 Å². The second-order valence-corrected chi connectivity index (χ2v) is 7.53. The summed E-state index contributed by atoms with van der Waals surface area (Å²) in [5.41, 5.74) is 1.37. The first kappa shape index (κ1) is 20.2. The lowest BCUT2D eigenvalue weighted by Crippen LogP contribution is -2.30. The summed E-state index contributed by atoms with van der Waals surface area (Å²) in [6.07, 6.45) is 6.08. The fourth-order valence-electron chi connectivity index (χ4n) is 3.49. The van der Waals surface area contributed by atoms with Gasteiger partial charge in [0.15, 0.2) is 0 Å². The van der Waals surface area contributed by atoms with Gasteiger partial charge in [0.1, 0.15) is 5.75 Å². The molecule has 0 spiro atoms. The van der Waals surface area contributed by atoms with E-state index in [9.17, 15) is 9.59 Å². The number of amides is 2. The third-order valence-electron chi connectivity index (χ3n) is 5.08. The second-order valence-electron chi connectivity index (χ2n) is 7.09. The average molecular weight is 401 g/mol. The molecule has 0 radical (unpaired) electrons. The monoisotopic (exact) mass is 400 g/mol. The van der Waals surface area contributed by atoms with Crippen molar-refractivity contribution in [3.8, 4) is 5.75 Å². The highest BCUT2D eigenvalue weighted by Gasteiger charge is 2.18. The van der Waals surface area contributed by atoms with Gasteiger partial charge in [0.2, 0.25) is 0 Å². The molecule has 0 bridgehead atoms. The van der Waals surface area contributed by atoms with Crippen molar-refractivity contribution in [1.29, 1.82) is 0 Å². The number of methoxy groups -OCH3 is 1. The van der Waals surface area contributed by atoms with Gasteiger partial charge in [0.05, 0.1) is 12.7 Å². The highest BCUT2D eigenvalue weighted by Crippen LogP contribution is 2.24. The number of hydrogen-bond donors (Lipinski definition) is 2. The van der Waals surface area contributed by atoms with Gasteiger partial charge in [-0.25, -0.2) is 0 Å². The first-order valence-electron chi connectivity index (χ1n) is 9.60. The van der Waals surface area contributed by atoms with Gasteiger partial charge in [0.25, 0.3) is 11.8 Å². The number of halogens is 1. The van der Waals surface area contributed by atoms with Crippen molar-refractivity contribution in [3.63, 3.8) is 0 Å². The van der Waals surface area contributed by atoms with Crippen LogP contribution in [0, 0.1) is 5.92 Å². The molecule has 0 atom stereocenters. The van der Waals surface area contributed by atoms with E-state index < -0.39 is 0 Å². The Labute approximate surface area is 170 Å². The molecule has 0 aliphatic heterocycles.